The highest BCUT2D eigenvalue weighted by atomic mass is 16.2. The van der Waals surface area contributed by atoms with Gasteiger partial charge in [-0.25, -0.2) is 0 Å². The van der Waals surface area contributed by atoms with E-state index in [0.29, 0.717) is 17.7 Å². The van der Waals surface area contributed by atoms with Gasteiger partial charge >= 0.3 is 0 Å². The summed E-state index contributed by atoms with van der Waals surface area (Å²) in [6, 6.07) is 0. The third kappa shape index (κ3) is 2.88. The highest BCUT2D eigenvalue weighted by molar-refractivity contribution is 5.84. The summed E-state index contributed by atoms with van der Waals surface area (Å²) in [5, 5.41) is 0. The van der Waals surface area contributed by atoms with Crippen LogP contribution in [0.3, 0.4) is 0 Å². The van der Waals surface area contributed by atoms with Crippen molar-refractivity contribution < 1.29 is 4.79 Å². The fourth-order valence-electron chi connectivity index (χ4n) is 4.00. The van der Waals surface area contributed by atoms with E-state index in [1.807, 2.05) is 25.8 Å². The minimum Gasteiger partial charge on any atom is -0.319 e. The van der Waals surface area contributed by atoms with E-state index < -0.39 is 0 Å². The van der Waals surface area contributed by atoms with Crippen LogP contribution >= 0.6 is 0 Å². The van der Waals surface area contributed by atoms with Gasteiger partial charge < -0.3 is 4.90 Å². The van der Waals surface area contributed by atoms with E-state index in [1.165, 1.54) is 25.7 Å². The van der Waals surface area contributed by atoms with Gasteiger partial charge in [0.2, 0.25) is 5.91 Å². The van der Waals surface area contributed by atoms with Crippen molar-refractivity contribution in [3.05, 3.63) is 12.3 Å². The molecule has 0 aromatic heterocycles. The molecule has 0 spiro atoms. The van der Waals surface area contributed by atoms with Crippen molar-refractivity contribution in [3.8, 4) is 0 Å². The van der Waals surface area contributed by atoms with Gasteiger partial charge in [0.1, 0.15) is 0 Å². The lowest BCUT2D eigenvalue weighted by atomic mass is 9.65. The second-order valence-corrected chi connectivity index (χ2v) is 5.72. The Balaban J connectivity index is 0.000000861. The molecule has 19 heavy (non-hydrogen) atoms. The molecular formula is C17H31NO. The minimum absolute atomic E-state index is 0.242. The van der Waals surface area contributed by atoms with Gasteiger partial charge in [-0.2, -0.15) is 0 Å². The maximum absolute atomic E-state index is 12.2. The van der Waals surface area contributed by atoms with Crippen molar-refractivity contribution in [3.63, 3.8) is 0 Å². The molecule has 4 unspecified atom stereocenters. The Hall–Kier alpha value is -0.790. The Labute approximate surface area is 119 Å². The van der Waals surface area contributed by atoms with Crippen LogP contribution in [0.1, 0.15) is 59.8 Å². The first-order valence-corrected chi connectivity index (χ1v) is 8.08. The summed E-state index contributed by atoms with van der Waals surface area (Å²) in [7, 11) is 1.90. The molecule has 0 radical (unpaired) electrons. The summed E-state index contributed by atoms with van der Waals surface area (Å²) >= 11 is 0. The number of amides is 1. The van der Waals surface area contributed by atoms with Gasteiger partial charge in [0, 0.05) is 24.6 Å². The molecule has 0 aromatic rings. The molecule has 1 aliphatic carbocycles. The highest BCUT2D eigenvalue weighted by Crippen LogP contribution is 2.50. The van der Waals surface area contributed by atoms with Crippen LogP contribution in [0.2, 0.25) is 0 Å². The molecule has 1 saturated heterocycles. The topological polar surface area (TPSA) is 20.3 Å². The van der Waals surface area contributed by atoms with Crippen molar-refractivity contribution in [2.45, 2.75) is 59.8 Å². The van der Waals surface area contributed by atoms with E-state index in [-0.39, 0.29) is 5.92 Å². The van der Waals surface area contributed by atoms with Gasteiger partial charge in [0.15, 0.2) is 0 Å². The molecule has 0 N–H and O–H groups in total. The number of fused-ring (bicyclic) bond motifs is 1. The fourth-order valence-corrected chi connectivity index (χ4v) is 4.00. The largest absolute Gasteiger partial charge is 0.319 e. The van der Waals surface area contributed by atoms with Crippen molar-refractivity contribution in [1.82, 2.24) is 4.90 Å². The average molecular weight is 265 g/mol. The first-order chi connectivity index (χ1) is 9.11. The first-order valence-electron chi connectivity index (χ1n) is 8.08. The lowest BCUT2D eigenvalue weighted by Gasteiger charge is -2.38. The molecule has 2 heteroatoms. The Bertz CT molecular complexity index is 323. The van der Waals surface area contributed by atoms with Crippen molar-refractivity contribution in [2.24, 2.45) is 23.7 Å². The third-order valence-electron chi connectivity index (χ3n) is 4.96. The Morgan fingerprint density at radius 1 is 1.26 bits per heavy atom. The molecule has 1 heterocycles. The summed E-state index contributed by atoms with van der Waals surface area (Å²) in [5.74, 6) is 2.48. The second-order valence-electron chi connectivity index (χ2n) is 5.72. The third-order valence-corrected chi connectivity index (χ3v) is 4.96. The summed E-state index contributed by atoms with van der Waals surface area (Å²) < 4.78 is 0. The predicted octanol–water partition coefficient (Wildman–Crippen LogP) is 4.47. The van der Waals surface area contributed by atoms with Gasteiger partial charge in [-0.3, -0.25) is 4.79 Å². The number of rotatable bonds is 3. The number of carbonyl (C=O) groups is 1. The van der Waals surface area contributed by atoms with Crippen molar-refractivity contribution in [1.29, 1.82) is 0 Å². The SMILES string of the molecule is C=C1C2C(CCC(CC)C2CCC)C(=O)N1C.CC. The van der Waals surface area contributed by atoms with Crippen molar-refractivity contribution in [2.75, 3.05) is 7.05 Å². The molecule has 2 fully saturated rings. The van der Waals surface area contributed by atoms with Crippen LogP contribution in [0.15, 0.2) is 12.3 Å². The van der Waals surface area contributed by atoms with Gasteiger partial charge in [-0.1, -0.05) is 47.1 Å². The number of hydrogen-bond acceptors (Lipinski definition) is 1. The zero-order valence-corrected chi connectivity index (χ0v) is 13.4. The summed E-state index contributed by atoms with van der Waals surface area (Å²) in [6.45, 7) is 12.7. The van der Waals surface area contributed by atoms with E-state index in [0.717, 1.165) is 18.0 Å². The van der Waals surface area contributed by atoms with Gasteiger partial charge in [-0.15, -0.1) is 0 Å². The van der Waals surface area contributed by atoms with Crippen LogP contribution in [-0.4, -0.2) is 17.9 Å². The minimum atomic E-state index is 0.242. The molecule has 110 valence electrons. The van der Waals surface area contributed by atoms with Crippen LogP contribution < -0.4 is 0 Å². The zero-order valence-electron chi connectivity index (χ0n) is 13.4. The smallest absolute Gasteiger partial charge is 0.230 e. The zero-order chi connectivity index (χ0) is 14.6. The number of nitrogens with zero attached hydrogens (tertiary/aromatic N) is 1. The fraction of sp³-hybridized carbons (Fsp3) is 0.824. The van der Waals surface area contributed by atoms with E-state index in [4.69, 9.17) is 0 Å². The number of allylic oxidation sites excluding steroid dienone is 1. The molecular weight excluding hydrogens is 234 g/mol. The molecule has 2 nitrogen and oxygen atoms in total. The molecule has 1 aliphatic heterocycles. The second kappa shape index (κ2) is 7.12. The molecule has 0 bridgehead atoms. The van der Waals surface area contributed by atoms with Crippen LogP contribution in [0, 0.1) is 23.7 Å². The van der Waals surface area contributed by atoms with Crippen LogP contribution in [-0.2, 0) is 4.79 Å². The van der Waals surface area contributed by atoms with Crippen LogP contribution in [0.25, 0.3) is 0 Å². The highest BCUT2D eigenvalue weighted by Gasteiger charge is 2.49. The van der Waals surface area contributed by atoms with Crippen LogP contribution in [0.4, 0.5) is 0 Å². The number of hydrogen-bond donors (Lipinski definition) is 0. The predicted molar refractivity (Wildman–Crippen MR) is 81.7 cm³/mol. The standard InChI is InChI=1S/C15H25NO.C2H6/c1-5-7-12-11(6-2)8-9-13-14(12)10(3)16(4)15(13)17;1-2/h11-14H,3,5-9H2,1-2,4H3;1-2H3. The lowest BCUT2D eigenvalue weighted by molar-refractivity contribution is -0.130. The van der Waals surface area contributed by atoms with E-state index >= 15 is 0 Å². The molecule has 4 atom stereocenters. The van der Waals surface area contributed by atoms with Gasteiger partial charge in [0.05, 0.1) is 0 Å². The Kier molecular flexibility index (Phi) is 6.09. The molecule has 0 aromatic carbocycles. The average Bonchev–Trinajstić information content (AvgIpc) is 2.67. The molecule has 2 aliphatic rings. The summed E-state index contributed by atoms with van der Waals surface area (Å²) in [6.07, 6.45) is 6.02. The monoisotopic (exact) mass is 265 g/mol. The Morgan fingerprint density at radius 3 is 2.42 bits per heavy atom. The van der Waals surface area contributed by atoms with Gasteiger partial charge in [0.25, 0.3) is 0 Å². The van der Waals surface area contributed by atoms with E-state index in [2.05, 4.69) is 20.4 Å². The normalized spacial score (nSPS) is 33.8. The maximum Gasteiger partial charge on any atom is 0.230 e. The van der Waals surface area contributed by atoms with E-state index in [9.17, 15) is 4.79 Å². The molecule has 1 saturated carbocycles. The Morgan fingerprint density at radius 2 is 1.89 bits per heavy atom. The molecule has 1 amide bonds. The van der Waals surface area contributed by atoms with Crippen LogP contribution in [0.5, 0.6) is 0 Å². The van der Waals surface area contributed by atoms with Gasteiger partial charge in [-0.05, 0) is 31.1 Å². The van der Waals surface area contributed by atoms with Crippen molar-refractivity contribution >= 4 is 5.91 Å². The number of carbonyl (C=O) groups excluding carboxylic acids is 1. The molecule has 2 rings (SSSR count). The lowest BCUT2D eigenvalue weighted by Crippen LogP contribution is -2.34. The summed E-state index contributed by atoms with van der Waals surface area (Å²) in [4.78, 5) is 14.0. The summed E-state index contributed by atoms with van der Waals surface area (Å²) in [5.41, 5.74) is 1.08. The number of likely N-dealkylation sites (tertiary alicyclic amines) is 1. The maximum atomic E-state index is 12.2. The van der Waals surface area contributed by atoms with E-state index in [1.54, 1.807) is 0 Å². The first kappa shape index (κ1) is 16.3. The quantitative estimate of drug-likeness (QED) is 0.737.